The summed E-state index contributed by atoms with van der Waals surface area (Å²) < 4.78 is 0. The van der Waals surface area contributed by atoms with Crippen LogP contribution in [0.2, 0.25) is 0 Å². The van der Waals surface area contributed by atoms with E-state index in [0.29, 0.717) is 13.1 Å². The molecule has 6 nitrogen and oxygen atoms in total. The van der Waals surface area contributed by atoms with E-state index in [0.717, 1.165) is 43.4 Å². The number of nitrogens with zero attached hydrogens (tertiary/aromatic N) is 3. The van der Waals surface area contributed by atoms with Crippen LogP contribution in [0.1, 0.15) is 51.8 Å². The SMILES string of the molecule is CCC(CC)C(=O)NCCNc1cc(N2CCCCC2)nc(C)n1. The highest BCUT2D eigenvalue weighted by Crippen LogP contribution is 2.20. The predicted molar refractivity (Wildman–Crippen MR) is 98.4 cm³/mol. The Hall–Kier alpha value is -1.85. The monoisotopic (exact) mass is 333 g/mol. The number of anilines is 2. The van der Waals surface area contributed by atoms with Gasteiger partial charge in [-0.1, -0.05) is 13.8 Å². The van der Waals surface area contributed by atoms with Crippen molar-refractivity contribution in [2.45, 2.75) is 52.9 Å². The van der Waals surface area contributed by atoms with Gasteiger partial charge < -0.3 is 15.5 Å². The van der Waals surface area contributed by atoms with Gasteiger partial charge in [0.15, 0.2) is 0 Å². The van der Waals surface area contributed by atoms with Crippen LogP contribution in [0.4, 0.5) is 11.6 Å². The molecule has 0 atom stereocenters. The molecule has 1 aliphatic rings. The van der Waals surface area contributed by atoms with Crippen LogP contribution < -0.4 is 15.5 Å². The van der Waals surface area contributed by atoms with Crippen molar-refractivity contribution in [2.75, 3.05) is 36.4 Å². The Bertz CT molecular complexity index is 524. The van der Waals surface area contributed by atoms with Crippen LogP contribution >= 0.6 is 0 Å². The van der Waals surface area contributed by atoms with Gasteiger partial charge in [-0.3, -0.25) is 4.79 Å². The fourth-order valence-corrected chi connectivity index (χ4v) is 3.11. The summed E-state index contributed by atoms with van der Waals surface area (Å²) in [5, 5.41) is 6.29. The van der Waals surface area contributed by atoms with Crippen LogP contribution in [0, 0.1) is 12.8 Å². The summed E-state index contributed by atoms with van der Waals surface area (Å²) in [5.41, 5.74) is 0. The zero-order chi connectivity index (χ0) is 17.4. The Morgan fingerprint density at radius 2 is 1.88 bits per heavy atom. The topological polar surface area (TPSA) is 70.2 Å². The number of rotatable bonds is 8. The lowest BCUT2D eigenvalue weighted by molar-refractivity contribution is -0.125. The number of carbonyl (C=O) groups excluding carboxylic acids is 1. The molecule has 2 N–H and O–H groups in total. The fraction of sp³-hybridized carbons (Fsp3) is 0.722. The predicted octanol–water partition coefficient (Wildman–Crippen LogP) is 2.74. The number of piperidine rings is 1. The first-order valence-electron chi connectivity index (χ1n) is 9.26. The minimum atomic E-state index is 0.122. The van der Waals surface area contributed by atoms with E-state index in [-0.39, 0.29) is 11.8 Å². The molecule has 1 fully saturated rings. The quantitative estimate of drug-likeness (QED) is 0.716. The summed E-state index contributed by atoms with van der Waals surface area (Å²) in [6, 6.07) is 2.01. The maximum atomic E-state index is 12.0. The summed E-state index contributed by atoms with van der Waals surface area (Å²) in [6.07, 6.45) is 5.55. The largest absolute Gasteiger partial charge is 0.368 e. The third-order valence-corrected chi connectivity index (χ3v) is 4.59. The van der Waals surface area contributed by atoms with E-state index < -0.39 is 0 Å². The van der Waals surface area contributed by atoms with Gasteiger partial charge in [0.05, 0.1) is 0 Å². The van der Waals surface area contributed by atoms with Gasteiger partial charge in [-0.25, -0.2) is 9.97 Å². The maximum Gasteiger partial charge on any atom is 0.223 e. The molecule has 134 valence electrons. The number of hydrogen-bond acceptors (Lipinski definition) is 5. The molecule has 0 unspecified atom stereocenters. The van der Waals surface area contributed by atoms with Crippen molar-refractivity contribution in [3.8, 4) is 0 Å². The summed E-state index contributed by atoms with van der Waals surface area (Å²) in [7, 11) is 0. The summed E-state index contributed by atoms with van der Waals surface area (Å²) in [6.45, 7) is 9.45. The zero-order valence-corrected chi connectivity index (χ0v) is 15.3. The van der Waals surface area contributed by atoms with Crippen molar-refractivity contribution >= 4 is 17.5 Å². The molecule has 1 aromatic rings. The molecular formula is C18H31N5O. The lowest BCUT2D eigenvalue weighted by Gasteiger charge is -2.28. The van der Waals surface area contributed by atoms with Crippen LogP contribution in [-0.4, -0.2) is 42.1 Å². The molecule has 0 spiro atoms. The van der Waals surface area contributed by atoms with Crippen molar-refractivity contribution in [3.05, 3.63) is 11.9 Å². The molecule has 0 aliphatic carbocycles. The molecule has 24 heavy (non-hydrogen) atoms. The number of aryl methyl sites for hydroxylation is 1. The number of carbonyl (C=O) groups is 1. The van der Waals surface area contributed by atoms with Crippen molar-refractivity contribution in [2.24, 2.45) is 5.92 Å². The number of hydrogen-bond donors (Lipinski definition) is 2. The van der Waals surface area contributed by atoms with E-state index in [2.05, 4.69) is 39.3 Å². The van der Waals surface area contributed by atoms with Crippen LogP contribution in [0.3, 0.4) is 0 Å². The smallest absolute Gasteiger partial charge is 0.223 e. The van der Waals surface area contributed by atoms with E-state index in [9.17, 15) is 4.79 Å². The number of aromatic nitrogens is 2. The van der Waals surface area contributed by atoms with Crippen LogP contribution in [0.5, 0.6) is 0 Å². The molecule has 0 bridgehead atoms. The standard InChI is InChI=1S/C18H31N5O/c1-4-15(5-2)18(24)20-10-9-19-16-13-17(22-14(3)21-16)23-11-7-6-8-12-23/h13,15H,4-12H2,1-3H3,(H,20,24)(H,19,21,22). The molecule has 2 rings (SSSR count). The van der Waals surface area contributed by atoms with Gasteiger partial charge in [0.1, 0.15) is 17.5 Å². The van der Waals surface area contributed by atoms with Crippen molar-refractivity contribution in [3.63, 3.8) is 0 Å². The Balaban J connectivity index is 1.84. The summed E-state index contributed by atoms with van der Waals surface area (Å²) in [4.78, 5) is 23.3. The van der Waals surface area contributed by atoms with Gasteiger partial charge in [-0.05, 0) is 39.0 Å². The highest BCUT2D eigenvalue weighted by atomic mass is 16.1. The van der Waals surface area contributed by atoms with Crippen LogP contribution in [-0.2, 0) is 4.79 Å². The molecule has 6 heteroatoms. The zero-order valence-electron chi connectivity index (χ0n) is 15.3. The van der Waals surface area contributed by atoms with Gasteiger partial charge in [-0.15, -0.1) is 0 Å². The van der Waals surface area contributed by atoms with Gasteiger partial charge in [0.25, 0.3) is 0 Å². The first-order chi connectivity index (χ1) is 11.6. The molecule has 0 radical (unpaired) electrons. The van der Waals surface area contributed by atoms with Crippen LogP contribution in [0.25, 0.3) is 0 Å². The Labute approximate surface area is 145 Å². The fourth-order valence-electron chi connectivity index (χ4n) is 3.11. The van der Waals surface area contributed by atoms with Crippen molar-refractivity contribution < 1.29 is 4.79 Å². The molecule has 1 aromatic heterocycles. The van der Waals surface area contributed by atoms with E-state index in [1.165, 1.54) is 19.3 Å². The lowest BCUT2D eigenvalue weighted by Crippen LogP contribution is -2.34. The average Bonchev–Trinajstić information content (AvgIpc) is 2.60. The van der Waals surface area contributed by atoms with E-state index >= 15 is 0 Å². The Kier molecular flexibility index (Phi) is 7.28. The van der Waals surface area contributed by atoms with E-state index in [4.69, 9.17) is 0 Å². The first-order valence-corrected chi connectivity index (χ1v) is 9.26. The van der Waals surface area contributed by atoms with Crippen molar-refractivity contribution in [1.29, 1.82) is 0 Å². The van der Waals surface area contributed by atoms with Gasteiger partial charge in [-0.2, -0.15) is 0 Å². The normalized spacial score (nSPS) is 14.8. The van der Waals surface area contributed by atoms with E-state index in [1.807, 2.05) is 13.0 Å². The first kappa shape index (κ1) is 18.5. The molecule has 1 aliphatic heterocycles. The minimum absolute atomic E-state index is 0.122. The van der Waals surface area contributed by atoms with Gasteiger partial charge >= 0.3 is 0 Å². The highest BCUT2D eigenvalue weighted by Gasteiger charge is 2.14. The second-order valence-electron chi connectivity index (χ2n) is 6.44. The molecule has 2 heterocycles. The number of nitrogens with one attached hydrogen (secondary N) is 2. The van der Waals surface area contributed by atoms with Crippen LogP contribution in [0.15, 0.2) is 6.07 Å². The Morgan fingerprint density at radius 3 is 2.54 bits per heavy atom. The highest BCUT2D eigenvalue weighted by molar-refractivity contribution is 5.78. The molecular weight excluding hydrogens is 302 g/mol. The Morgan fingerprint density at radius 1 is 1.17 bits per heavy atom. The second-order valence-corrected chi connectivity index (χ2v) is 6.44. The maximum absolute atomic E-state index is 12.0. The third-order valence-electron chi connectivity index (χ3n) is 4.59. The second kappa shape index (κ2) is 9.45. The average molecular weight is 333 g/mol. The van der Waals surface area contributed by atoms with E-state index in [1.54, 1.807) is 0 Å². The summed E-state index contributed by atoms with van der Waals surface area (Å²) in [5.74, 6) is 2.89. The van der Waals surface area contributed by atoms with Gasteiger partial charge in [0.2, 0.25) is 5.91 Å². The van der Waals surface area contributed by atoms with Crippen molar-refractivity contribution in [1.82, 2.24) is 15.3 Å². The minimum Gasteiger partial charge on any atom is -0.368 e. The third kappa shape index (κ3) is 5.35. The van der Waals surface area contributed by atoms with Gasteiger partial charge in [0, 0.05) is 38.2 Å². The molecule has 1 saturated heterocycles. The molecule has 0 saturated carbocycles. The molecule has 1 amide bonds. The molecule has 0 aromatic carbocycles. The number of amides is 1. The lowest BCUT2D eigenvalue weighted by atomic mass is 10.0. The summed E-state index contributed by atoms with van der Waals surface area (Å²) >= 11 is 0.